The first kappa shape index (κ1) is 15.8. The van der Waals surface area contributed by atoms with Gasteiger partial charge in [0, 0.05) is 18.2 Å². The molecule has 2 N–H and O–H groups in total. The monoisotopic (exact) mass is 336 g/mol. The Morgan fingerprint density at radius 2 is 1.96 bits per heavy atom. The van der Waals surface area contributed by atoms with Crippen LogP contribution in [-0.2, 0) is 6.42 Å². The summed E-state index contributed by atoms with van der Waals surface area (Å²) < 4.78 is 5.41. The zero-order valence-electron chi connectivity index (χ0n) is 14.4. The minimum atomic E-state index is -0.483. The molecule has 1 aromatic carbocycles. The van der Waals surface area contributed by atoms with E-state index < -0.39 is 11.6 Å². The molecule has 6 nitrogen and oxygen atoms in total. The van der Waals surface area contributed by atoms with Crippen molar-refractivity contribution in [2.45, 2.75) is 38.8 Å². The maximum absolute atomic E-state index is 10.3. The third-order valence-corrected chi connectivity index (χ3v) is 4.64. The van der Waals surface area contributed by atoms with Crippen molar-refractivity contribution >= 4 is 5.82 Å². The molecule has 0 bridgehead atoms. The summed E-state index contributed by atoms with van der Waals surface area (Å²) in [6.07, 6.45) is 1.77. The first-order chi connectivity index (χ1) is 11.9. The summed E-state index contributed by atoms with van der Waals surface area (Å²) in [5, 5.41) is 17.6. The second-order valence-electron chi connectivity index (χ2n) is 7.09. The van der Waals surface area contributed by atoms with Crippen LogP contribution in [0.5, 0.6) is 0 Å². The molecule has 128 valence electrons. The molecule has 3 aromatic rings. The molecule has 2 aromatic heterocycles. The lowest BCUT2D eigenvalue weighted by atomic mass is 9.87. The molecule has 1 atom stereocenters. The minimum absolute atomic E-state index is 0.398. The van der Waals surface area contributed by atoms with Crippen LogP contribution in [-0.4, -0.2) is 31.9 Å². The molecule has 0 saturated carbocycles. The van der Waals surface area contributed by atoms with E-state index in [1.807, 2.05) is 51.1 Å². The van der Waals surface area contributed by atoms with Crippen LogP contribution in [0.25, 0.3) is 22.8 Å². The number of fused-ring (bicyclic) bond motifs is 1. The zero-order valence-corrected chi connectivity index (χ0v) is 14.4. The van der Waals surface area contributed by atoms with Crippen molar-refractivity contribution in [1.82, 2.24) is 15.1 Å². The Morgan fingerprint density at radius 1 is 1.20 bits per heavy atom. The molecule has 6 heteroatoms. The van der Waals surface area contributed by atoms with Crippen LogP contribution in [0.15, 0.2) is 41.1 Å². The van der Waals surface area contributed by atoms with Gasteiger partial charge in [-0.05, 0) is 32.4 Å². The van der Waals surface area contributed by atoms with Crippen LogP contribution in [0.2, 0.25) is 0 Å². The van der Waals surface area contributed by atoms with Crippen LogP contribution in [0.4, 0.5) is 5.82 Å². The van der Waals surface area contributed by atoms with Gasteiger partial charge in [0.1, 0.15) is 5.82 Å². The number of aliphatic hydroxyl groups excluding tert-OH is 1. The molecule has 3 heterocycles. The Hall–Kier alpha value is -2.73. The third kappa shape index (κ3) is 2.89. The molecule has 0 radical (unpaired) electrons. The Bertz CT molecular complexity index is 915. The standard InChI is InChI=1S/C19H20N4O2/c1-11-4-6-12(7-5-11)17-21-18(25-23-17)14-8-13-9-15(24)19(2,3)22-16(13)20-10-14/h4-8,10,15,24H,9H2,1-3H3,(H,20,22)/t15-/m0/s1. The topological polar surface area (TPSA) is 84.1 Å². The summed E-state index contributed by atoms with van der Waals surface area (Å²) in [6, 6.07) is 9.91. The lowest BCUT2D eigenvalue weighted by Gasteiger charge is -2.37. The number of pyridine rings is 1. The van der Waals surface area contributed by atoms with Gasteiger partial charge in [0.25, 0.3) is 5.89 Å². The second-order valence-corrected chi connectivity index (χ2v) is 7.09. The number of hydrogen-bond acceptors (Lipinski definition) is 6. The molecule has 0 fully saturated rings. The van der Waals surface area contributed by atoms with Gasteiger partial charge in [0.05, 0.1) is 17.2 Å². The number of aliphatic hydroxyl groups is 1. The summed E-state index contributed by atoms with van der Waals surface area (Å²) in [4.78, 5) is 8.95. The largest absolute Gasteiger partial charge is 0.390 e. The molecule has 0 spiro atoms. The van der Waals surface area contributed by atoms with Gasteiger partial charge in [-0.25, -0.2) is 4.98 Å². The maximum Gasteiger partial charge on any atom is 0.259 e. The fraction of sp³-hybridized carbons (Fsp3) is 0.316. The van der Waals surface area contributed by atoms with Crippen molar-refractivity contribution in [2.24, 2.45) is 0 Å². The van der Waals surface area contributed by atoms with E-state index in [4.69, 9.17) is 4.52 Å². The summed E-state index contributed by atoms with van der Waals surface area (Å²) >= 11 is 0. The highest BCUT2D eigenvalue weighted by atomic mass is 16.5. The summed E-state index contributed by atoms with van der Waals surface area (Å²) in [7, 11) is 0. The van der Waals surface area contributed by atoms with Crippen molar-refractivity contribution in [3.63, 3.8) is 0 Å². The number of nitrogens with one attached hydrogen (secondary N) is 1. The van der Waals surface area contributed by atoms with E-state index in [1.165, 1.54) is 5.56 Å². The van der Waals surface area contributed by atoms with E-state index in [2.05, 4.69) is 20.4 Å². The lowest BCUT2D eigenvalue weighted by Crippen LogP contribution is -2.48. The van der Waals surface area contributed by atoms with E-state index in [0.29, 0.717) is 18.1 Å². The average Bonchev–Trinajstić information content (AvgIpc) is 3.06. The fourth-order valence-corrected chi connectivity index (χ4v) is 2.91. The first-order valence-electron chi connectivity index (χ1n) is 8.29. The van der Waals surface area contributed by atoms with Gasteiger partial charge < -0.3 is 14.9 Å². The van der Waals surface area contributed by atoms with Crippen molar-refractivity contribution < 1.29 is 9.63 Å². The lowest BCUT2D eigenvalue weighted by molar-refractivity contribution is 0.110. The van der Waals surface area contributed by atoms with E-state index in [9.17, 15) is 5.11 Å². The smallest absolute Gasteiger partial charge is 0.259 e. The van der Waals surface area contributed by atoms with Crippen LogP contribution >= 0.6 is 0 Å². The fourth-order valence-electron chi connectivity index (χ4n) is 2.91. The molecule has 0 unspecified atom stereocenters. The number of aryl methyl sites for hydroxylation is 1. The Kier molecular flexibility index (Phi) is 3.58. The van der Waals surface area contributed by atoms with Crippen molar-refractivity contribution in [2.75, 3.05) is 5.32 Å². The van der Waals surface area contributed by atoms with Crippen LogP contribution in [0.1, 0.15) is 25.0 Å². The van der Waals surface area contributed by atoms with Gasteiger partial charge in [0.15, 0.2) is 0 Å². The third-order valence-electron chi connectivity index (χ3n) is 4.64. The summed E-state index contributed by atoms with van der Waals surface area (Å²) in [5.41, 5.74) is 3.38. The highest BCUT2D eigenvalue weighted by Gasteiger charge is 2.34. The predicted molar refractivity (Wildman–Crippen MR) is 95.1 cm³/mol. The molecule has 0 saturated heterocycles. The molecule has 0 amide bonds. The number of hydrogen-bond donors (Lipinski definition) is 2. The molecular formula is C19H20N4O2. The van der Waals surface area contributed by atoms with Gasteiger partial charge >= 0.3 is 0 Å². The SMILES string of the molecule is Cc1ccc(-c2noc(-c3cnc4c(c3)C[C@H](O)C(C)(C)N4)n2)cc1. The minimum Gasteiger partial charge on any atom is -0.390 e. The Morgan fingerprint density at radius 3 is 2.72 bits per heavy atom. The summed E-state index contributed by atoms with van der Waals surface area (Å²) in [6.45, 7) is 5.96. The highest BCUT2D eigenvalue weighted by Crippen LogP contribution is 2.32. The molecule has 4 rings (SSSR count). The normalized spacial score (nSPS) is 18.5. The maximum atomic E-state index is 10.3. The van der Waals surface area contributed by atoms with Gasteiger partial charge in [-0.3, -0.25) is 0 Å². The number of benzene rings is 1. The van der Waals surface area contributed by atoms with E-state index >= 15 is 0 Å². The van der Waals surface area contributed by atoms with Gasteiger partial charge in [-0.1, -0.05) is 35.0 Å². The predicted octanol–water partition coefficient (Wildman–Crippen LogP) is 3.21. The van der Waals surface area contributed by atoms with Crippen LogP contribution in [0, 0.1) is 6.92 Å². The molecule has 1 aliphatic heterocycles. The highest BCUT2D eigenvalue weighted by molar-refractivity contribution is 5.63. The first-order valence-corrected chi connectivity index (χ1v) is 8.29. The average molecular weight is 336 g/mol. The quantitative estimate of drug-likeness (QED) is 0.747. The Labute approximate surface area is 145 Å². The number of rotatable bonds is 2. The van der Waals surface area contributed by atoms with Crippen molar-refractivity contribution in [1.29, 1.82) is 0 Å². The number of nitrogens with zero attached hydrogens (tertiary/aromatic N) is 3. The van der Waals surface area contributed by atoms with Crippen LogP contribution < -0.4 is 5.32 Å². The van der Waals surface area contributed by atoms with Gasteiger partial charge in [0.2, 0.25) is 5.82 Å². The summed E-state index contributed by atoms with van der Waals surface area (Å²) in [5.74, 6) is 1.76. The van der Waals surface area contributed by atoms with Gasteiger partial charge in [-0.2, -0.15) is 4.98 Å². The number of aromatic nitrogens is 3. The van der Waals surface area contributed by atoms with Crippen LogP contribution in [0.3, 0.4) is 0 Å². The van der Waals surface area contributed by atoms with Crippen molar-refractivity contribution in [3.8, 4) is 22.8 Å². The number of anilines is 1. The Balaban J connectivity index is 1.65. The molecule has 1 aliphatic rings. The zero-order chi connectivity index (χ0) is 17.6. The van der Waals surface area contributed by atoms with E-state index in [-0.39, 0.29) is 0 Å². The van der Waals surface area contributed by atoms with Gasteiger partial charge in [-0.15, -0.1) is 0 Å². The van der Waals surface area contributed by atoms with E-state index in [1.54, 1.807) is 6.20 Å². The molecule has 25 heavy (non-hydrogen) atoms. The second kappa shape index (κ2) is 5.67. The molecular weight excluding hydrogens is 316 g/mol. The van der Waals surface area contributed by atoms with E-state index in [0.717, 1.165) is 22.5 Å². The molecule has 0 aliphatic carbocycles. The van der Waals surface area contributed by atoms with Crippen molar-refractivity contribution in [3.05, 3.63) is 47.7 Å².